The maximum atomic E-state index is 13.3. The summed E-state index contributed by atoms with van der Waals surface area (Å²) in [4.78, 5) is 39.3. The first-order valence-electron chi connectivity index (χ1n) is 12.6. The molecule has 4 aromatic carbocycles. The molecule has 41 heavy (non-hydrogen) atoms. The largest absolute Gasteiger partial charge is 0.497 e. The molecular formula is C32H29N3O5S. The third-order valence-electron chi connectivity index (χ3n) is 5.77. The van der Waals surface area contributed by atoms with Crippen LogP contribution in [0.3, 0.4) is 0 Å². The quantitative estimate of drug-likeness (QED) is 0.155. The summed E-state index contributed by atoms with van der Waals surface area (Å²) in [5.74, 6) is 0.445. The molecule has 4 aromatic rings. The highest BCUT2D eigenvalue weighted by Crippen LogP contribution is 2.22. The van der Waals surface area contributed by atoms with Crippen LogP contribution in [0, 0.1) is 0 Å². The lowest BCUT2D eigenvalue weighted by atomic mass is 10.1. The lowest BCUT2D eigenvalue weighted by Crippen LogP contribution is -2.30. The molecule has 0 spiro atoms. The summed E-state index contributed by atoms with van der Waals surface area (Å²) in [6.45, 7) is 0. The van der Waals surface area contributed by atoms with E-state index in [1.54, 1.807) is 105 Å². The Morgan fingerprint density at radius 1 is 0.732 bits per heavy atom. The van der Waals surface area contributed by atoms with E-state index < -0.39 is 11.8 Å². The summed E-state index contributed by atoms with van der Waals surface area (Å²) >= 11 is 1.37. The number of rotatable bonds is 11. The molecule has 0 unspecified atom stereocenters. The van der Waals surface area contributed by atoms with Gasteiger partial charge in [0.15, 0.2) is 0 Å². The number of hydrogen-bond donors (Lipinski definition) is 3. The molecule has 0 fully saturated rings. The van der Waals surface area contributed by atoms with Crippen LogP contribution in [-0.2, 0) is 9.59 Å². The number of thioether (sulfide) groups is 1. The summed E-state index contributed by atoms with van der Waals surface area (Å²) in [5, 5.41) is 8.40. The van der Waals surface area contributed by atoms with Gasteiger partial charge in [-0.15, -0.1) is 11.8 Å². The van der Waals surface area contributed by atoms with Crippen LogP contribution in [0.5, 0.6) is 11.5 Å². The molecule has 0 saturated carbocycles. The molecule has 8 nitrogen and oxygen atoms in total. The highest BCUT2D eigenvalue weighted by atomic mass is 32.2. The monoisotopic (exact) mass is 567 g/mol. The molecule has 3 amide bonds. The Morgan fingerprint density at radius 2 is 1.41 bits per heavy atom. The number of nitrogens with one attached hydrogen (secondary N) is 3. The molecule has 0 aromatic heterocycles. The Balaban J connectivity index is 1.41. The fourth-order valence-electron chi connectivity index (χ4n) is 3.72. The SMILES string of the molecule is COc1cccc(/C=C(\NC(=O)c2ccccc2)C(=O)Nc2ccc(SCC(=O)Nc3cccc(OC)c3)cc2)c1. The second-order valence-corrected chi connectivity index (χ2v) is 9.75. The normalized spacial score (nSPS) is 10.8. The first-order chi connectivity index (χ1) is 19.9. The number of benzene rings is 4. The van der Waals surface area contributed by atoms with E-state index in [0.29, 0.717) is 34.0 Å². The van der Waals surface area contributed by atoms with Gasteiger partial charge in [0, 0.05) is 27.9 Å². The summed E-state index contributed by atoms with van der Waals surface area (Å²) in [5.41, 5.74) is 2.37. The van der Waals surface area contributed by atoms with Crippen molar-refractivity contribution in [2.24, 2.45) is 0 Å². The Morgan fingerprint density at radius 3 is 2.12 bits per heavy atom. The van der Waals surface area contributed by atoms with Crippen molar-refractivity contribution in [3.63, 3.8) is 0 Å². The molecule has 0 bridgehead atoms. The van der Waals surface area contributed by atoms with Crippen molar-refractivity contribution in [1.82, 2.24) is 5.32 Å². The van der Waals surface area contributed by atoms with Crippen molar-refractivity contribution in [3.05, 3.63) is 120 Å². The van der Waals surface area contributed by atoms with E-state index in [4.69, 9.17) is 9.47 Å². The van der Waals surface area contributed by atoms with Gasteiger partial charge < -0.3 is 25.4 Å². The molecule has 3 N–H and O–H groups in total. The number of anilines is 2. The molecular weight excluding hydrogens is 538 g/mol. The summed E-state index contributed by atoms with van der Waals surface area (Å²) in [7, 11) is 3.13. The zero-order valence-electron chi connectivity index (χ0n) is 22.5. The third kappa shape index (κ3) is 8.74. The van der Waals surface area contributed by atoms with Gasteiger partial charge in [0.25, 0.3) is 11.8 Å². The van der Waals surface area contributed by atoms with E-state index in [2.05, 4.69) is 16.0 Å². The van der Waals surface area contributed by atoms with Crippen molar-refractivity contribution in [1.29, 1.82) is 0 Å². The number of ether oxygens (including phenoxy) is 2. The Labute approximate surface area is 242 Å². The maximum Gasteiger partial charge on any atom is 0.272 e. The minimum atomic E-state index is -0.491. The fraction of sp³-hybridized carbons (Fsp3) is 0.0938. The van der Waals surface area contributed by atoms with Crippen LogP contribution in [0.25, 0.3) is 6.08 Å². The lowest BCUT2D eigenvalue weighted by Gasteiger charge is -2.12. The molecule has 9 heteroatoms. The molecule has 0 saturated heterocycles. The number of amides is 3. The van der Waals surface area contributed by atoms with Crippen LogP contribution in [0.1, 0.15) is 15.9 Å². The van der Waals surface area contributed by atoms with Gasteiger partial charge >= 0.3 is 0 Å². The Bertz CT molecular complexity index is 1540. The number of carbonyl (C=O) groups excluding carboxylic acids is 3. The van der Waals surface area contributed by atoms with Crippen LogP contribution in [0.15, 0.2) is 114 Å². The van der Waals surface area contributed by atoms with E-state index in [1.165, 1.54) is 11.8 Å². The van der Waals surface area contributed by atoms with Crippen LogP contribution in [-0.4, -0.2) is 37.7 Å². The standard InChI is InChI=1S/C32H29N3O5S/c1-39-26-12-6-8-22(18-26)19-29(35-31(37)23-9-4-3-5-10-23)32(38)34-24-14-16-28(17-15-24)41-21-30(36)33-25-11-7-13-27(20-25)40-2/h3-20H,21H2,1-2H3,(H,33,36)(H,34,38)(H,35,37)/b29-19-. The number of methoxy groups -OCH3 is 2. The van der Waals surface area contributed by atoms with Crippen LogP contribution >= 0.6 is 11.8 Å². The van der Waals surface area contributed by atoms with Gasteiger partial charge in [-0.25, -0.2) is 0 Å². The summed E-state index contributed by atoms with van der Waals surface area (Å²) in [6, 6.07) is 30.1. The van der Waals surface area contributed by atoms with E-state index in [1.807, 2.05) is 18.2 Å². The average molecular weight is 568 g/mol. The van der Waals surface area contributed by atoms with Gasteiger partial charge in [0.05, 0.1) is 20.0 Å². The highest BCUT2D eigenvalue weighted by molar-refractivity contribution is 8.00. The first-order valence-corrected chi connectivity index (χ1v) is 13.6. The van der Waals surface area contributed by atoms with Gasteiger partial charge in [-0.2, -0.15) is 0 Å². The van der Waals surface area contributed by atoms with Crippen molar-refractivity contribution < 1.29 is 23.9 Å². The average Bonchev–Trinajstić information content (AvgIpc) is 3.01. The van der Waals surface area contributed by atoms with E-state index in [0.717, 1.165) is 4.90 Å². The summed E-state index contributed by atoms with van der Waals surface area (Å²) in [6.07, 6.45) is 1.59. The predicted octanol–water partition coefficient (Wildman–Crippen LogP) is 5.84. The second kappa shape index (κ2) is 14.4. The molecule has 0 aliphatic rings. The smallest absolute Gasteiger partial charge is 0.272 e. The predicted molar refractivity (Wildman–Crippen MR) is 162 cm³/mol. The lowest BCUT2D eigenvalue weighted by molar-refractivity contribution is -0.114. The molecule has 0 heterocycles. The minimum absolute atomic E-state index is 0.0692. The number of hydrogen-bond acceptors (Lipinski definition) is 6. The highest BCUT2D eigenvalue weighted by Gasteiger charge is 2.15. The van der Waals surface area contributed by atoms with Gasteiger partial charge in [-0.3, -0.25) is 14.4 Å². The van der Waals surface area contributed by atoms with Crippen LogP contribution < -0.4 is 25.4 Å². The second-order valence-electron chi connectivity index (χ2n) is 8.70. The van der Waals surface area contributed by atoms with Crippen molar-refractivity contribution >= 4 is 46.9 Å². The Hall–Kier alpha value is -5.02. The molecule has 4 rings (SSSR count). The van der Waals surface area contributed by atoms with Gasteiger partial charge in [0.2, 0.25) is 5.91 Å². The summed E-state index contributed by atoms with van der Waals surface area (Å²) < 4.78 is 10.5. The van der Waals surface area contributed by atoms with Crippen molar-refractivity contribution in [2.45, 2.75) is 4.90 Å². The van der Waals surface area contributed by atoms with E-state index >= 15 is 0 Å². The van der Waals surface area contributed by atoms with E-state index in [-0.39, 0.29) is 17.4 Å². The molecule has 208 valence electrons. The van der Waals surface area contributed by atoms with Crippen LogP contribution in [0.4, 0.5) is 11.4 Å². The van der Waals surface area contributed by atoms with Gasteiger partial charge in [-0.05, 0) is 72.3 Å². The van der Waals surface area contributed by atoms with Crippen molar-refractivity contribution in [3.8, 4) is 11.5 Å². The molecule has 0 atom stereocenters. The van der Waals surface area contributed by atoms with Crippen LogP contribution in [0.2, 0.25) is 0 Å². The zero-order valence-corrected chi connectivity index (χ0v) is 23.4. The number of carbonyl (C=O) groups is 3. The minimum Gasteiger partial charge on any atom is -0.497 e. The molecule has 0 aliphatic carbocycles. The van der Waals surface area contributed by atoms with E-state index in [9.17, 15) is 14.4 Å². The van der Waals surface area contributed by atoms with Gasteiger partial charge in [0.1, 0.15) is 17.2 Å². The maximum absolute atomic E-state index is 13.3. The Kier molecular flexibility index (Phi) is 10.2. The topological polar surface area (TPSA) is 106 Å². The molecule has 0 aliphatic heterocycles. The fourth-order valence-corrected chi connectivity index (χ4v) is 4.42. The zero-order chi connectivity index (χ0) is 29.0. The molecule has 0 radical (unpaired) electrons. The van der Waals surface area contributed by atoms with Crippen molar-refractivity contribution in [2.75, 3.05) is 30.6 Å². The first kappa shape index (κ1) is 29.0. The third-order valence-corrected chi connectivity index (χ3v) is 6.78. The van der Waals surface area contributed by atoms with Gasteiger partial charge in [-0.1, -0.05) is 36.4 Å².